The number of aliphatic hydroxyl groups excluding tert-OH is 1. The minimum absolute atomic E-state index is 0.0559. The summed E-state index contributed by atoms with van der Waals surface area (Å²) in [5, 5.41) is 9.63. The average molecular weight is 807 g/mol. The third kappa shape index (κ3) is 47.5. The van der Waals surface area contributed by atoms with Gasteiger partial charge in [0.25, 0.3) is 0 Å². The molecule has 0 bridgehead atoms. The largest absolute Gasteiger partial charge is 0.462 e. The standard InChI is InChI=1S/C52H102O5/c1-3-5-7-9-11-13-15-17-19-21-23-25-27-28-30-32-34-36-38-40-42-44-46-51(54)56-49-50(48-53)57-52(55)47-45-43-41-39-37-35-33-31-29-26-24-22-20-18-16-14-12-10-8-6-4-2/h50,53H,3-49H2,1-2H3/t50-/m0/s1. The van der Waals surface area contributed by atoms with E-state index in [-0.39, 0.29) is 25.2 Å². The highest BCUT2D eigenvalue weighted by Gasteiger charge is 2.16. The number of rotatable bonds is 49. The Labute approximate surface area is 357 Å². The van der Waals surface area contributed by atoms with E-state index in [2.05, 4.69) is 13.8 Å². The molecule has 0 saturated carbocycles. The van der Waals surface area contributed by atoms with Gasteiger partial charge in [-0.15, -0.1) is 0 Å². The maximum Gasteiger partial charge on any atom is 0.306 e. The summed E-state index contributed by atoms with van der Waals surface area (Å²) in [7, 11) is 0. The third-order valence-corrected chi connectivity index (χ3v) is 12.2. The molecule has 1 atom stereocenters. The Hall–Kier alpha value is -1.10. The van der Waals surface area contributed by atoms with Gasteiger partial charge in [0.15, 0.2) is 6.10 Å². The Morgan fingerprint density at radius 1 is 0.333 bits per heavy atom. The Morgan fingerprint density at radius 2 is 0.544 bits per heavy atom. The second-order valence-electron chi connectivity index (χ2n) is 18.0. The molecule has 0 heterocycles. The van der Waals surface area contributed by atoms with Crippen molar-refractivity contribution in [3.05, 3.63) is 0 Å². The van der Waals surface area contributed by atoms with Crippen LogP contribution in [0.5, 0.6) is 0 Å². The fraction of sp³-hybridized carbons (Fsp3) is 0.962. The van der Waals surface area contributed by atoms with Crippen molar-refractivity contribution >= 4 is 11.9 Å². The Kier molecular flexibility index (Phi) is 48.3. The molecule has 0 rings (SSSR count). The number of hydrogen-bond donors (Lipinski definition) is 1. The van der Waals surface area contributed by atoms with Gasteiger partial charge < -0.3 is 14.6 Å². The molecular formula is C52H102O5. The minimum Gasteiger partial charge on any atom is -0.462 e. The van der Waals surface area contributed by atoms with Crippen molar-refractivity contribution in [2.75, 3.05) is 13.2 Å². The molecule has 0 unspecified atom stereocenters. The van der Waals surface area contributed by atoms with Crippen molar-refractivity contribution in [2.45, 2.75) is 309 Å². The summed E-state index contributed by atoms with van der Waals surface area (Å²) < 4.78 is 10.7. The van der Waals surface area contributed by atoms with Crippen molar-refractivity contribution in [1.82, 2.24) is 0 Å². The van der Waals surface area contributed by atoms with Crippen LogP contribution in [0, 0.1) is 0 Å². The summed E-state index contributed by atoms with van der Waals surface area (Å²) in [4.78, 5) is 24.5. The second-order valence-corrected chi connectivity index (χ2v) is 18.0. The maximum absolute atomic E-state index is 12.3. The lowest BCUT2D eigenvalue weighted by Gasteiger charge is -2.15. The molecule has 0 aromatic carbocycles. The van der Waals surface area contributed by atoms with Gasteiger partial charge in [0.05, 0.1) is 6.61 Å². The van der Waals surface area contributed by atoms with Crippen molar-refractivity contribution in [1.29, 1.82) is 0 Å². The van der Waals surface area contributed by atoms with Crippen LogP contribution in [0.1, 0.15) is 303 Å². The fourth-order valence-corrected chi connectivity index (χ4v) is 8.21. The number of aliphatic hydroxyl groups is 1. The highest BCUT2D eigenvalue weighted by Crippen LogP contribution is 2.18. The molecule has 340 valence electrons. The molecule has 57 heavy (non-hydrogen) atoms. The summed E-state index contributed by atoms with van der Waals surface area (Å²) >= 11 is 0. The molecule has 0 amide bonds. The van der Waals surface area contributed by atoms with Crippen LogP contribution < -0.4 is 0 Å². The average Bonchev–Trinajstić information content (AvgIpc) is 3.21. The summed E-state index contributed by atoms with van der Waals surface area (Å²) in [6.07, 6.45) is 57.8. The fourth-order valence-electron chi connectivity index (χ4n) is 8.21. The van der Waals surface area contributed by atoms with Gasteiger partial charge in [0, 0.05) is 12.8 Å². The number of carbonyl (C=O) groups excluding carboxylic acids is 2. The van der Waals surface area contributed by atoms with Crippen molar-refractivity contribution in [2.24, 2.45) is 0 Å². The van der Waals surface area contributed by atoms with Gasteiger partial charge in [0.1, 0.15) is 6.61 Å². The lowest BCUT2D eigenvalue weighted by molar-refractivity contribution is -0.161. The van der Waals surface area contributed by atoms with Gasteiger partial charge in [0.2, 0.25) is 0 Å². The molecule has 0 aliphatic rings. The van der Waals surface area contributed by atoms with Gasteiger partial charge in [-0.2, -0.15) is 0 Å². The Bertz CT molecular complexity index is 784. The van der Waals surface area contributed by atoms with E-state index in [1.807, 2.05) is 0 Å². The molecule has 5 nitrogen and oxygen atoms in total. The molecule has 5 heteroatoms. The monoisotopic (exact) mass is 807 g/mol. The van der Waals surface area contributed by atoms with Crippen LogP contribution in [0.4, 0.5) is 0 Å². The van der Waals surface area contributed by atoms with Crippen LogP contribution in [0.3, 0.4) is 0 Å². The predicted octanol–water partition coefficient (Wildman–Crippen LogP) is 17.0. The third-order valence-electron chi connectivity index (χ3n) is 12.2. The molecule has 0 radical (unpaired) electrons. The number of hydrogen-bond acceptors (Lipinski definition) is 5. The topological polar surface area (TPSA) is 72.8 Å². The highest BCUT2D eigenvalue weighted by molar-refractivity contribution is 5.70. The first-order valence-corrected chi connectivity index (χ1v) is 26.1. The van der Waals surface area contributed by atoms with Crippen LogP contribution >= 0.6 is 0 Å². The molecule has 0 aromatic rings. The normalized spacial score (nSPS) is 12.0. The van der Waals surface area contributed by atoms with Crippen LogP contribution in [0.15, 0.2) is 0 Å². The van der Waals surface area contributed by atoms with E-state index in [0.717, 1.165) is 32.1 Å². The van der Waals surface area contributed by atoms with Gasteiger partial charge in [-0.3, -0.25) is 9.59 Å². The highest BCUT2D eigenvalue weighted by atomic mass is 16.6. The summed E-state index contributed by atoms with van der Waals surface area (Å²) in [6.45, 7) is 4.20. The number of unbranched alkanes of at least 4 members (excludes halogenated alkanes) is 41. The van der Waals surface area contributed by atoms with E-state index in [4.69, 9.17) is 9.47 Å². The lowest BCUT2D eigenvalue weighted by atomic mass is 10.0. The number of carbonyl (C=O) groups is 2. The predicted molar refractivity (Wildman–Crippen MR) is 247 cm³/mol. The zero-order chi connectivity index (χ0) is 41.4. The smallest absolute Gasteiger partial charge is 0.306 e. The molecular weight excluding hydrogens is 705 g/mol. The number of ether oxygens (including phenoxy) is 2. The van der Waals surface area contributed by atoms with Gasteiger partial charge in [-0.1, -0.05) is 277 Å². The zero-order valence-corrected chi connectivity index (χ0v) is 38.9. The first-order chi connectivity index (χ1) is 28.1. The number of esters is 2. The van der Waals surface area contributed by atoms with Crippen LogP contribution in [-0.4, -0.2) is 36.4 Å². The lowest BCUT2D eigenvalue weighted by Crippen LogP contribution is -2.28. The summed E-state index contributed by atoms with van der Waals surface area (Å²) in [5.41, 5.74) is 0. The quantitative estimate of drug-likeness (QED) is 0.0490. The van der Waals surface area contributed by atoms with Gasteiger partial charge in [-0.25, -0.2) is 0 Å². The van der Waals surface area contributed by atoms with E-state index < -0.39 is 6.10 Å². The van der Waals surface area contributed by atoms with Crippen LogP contribution in [0.25, 0.3) is 0 Å². The molecule has 0 spiro atoms. The van der Waals surface area contributed by atoms with E-state index >= 15 is 0 Å². The first-order valence-electron chi connectivity index (χ1n) is 26.1. The van der Waals surface area contributed by atoms with E-state index in [9.17, 15) is 14.7 Å². The molecule has 0 aromatic heterocycles. The van der Waals surface area contributed by atoms with Crippen molar-refractivity contribution in [3.63, 3.8) is 0 Å². The second kappa shape index (κ2) is 49.3. The van der Waals surface area contributed by atoms with Crippen LogP contribution in [0.2, 0.25) is 0 Å². The van der Waals surface area contributed by atoms with Crippen molar-refractivity contribution < 1.29 is 24.2 Å². The van der Waals surface area contributed by atoms with Crippen molar-refractivity contribution in [3.8, 4) is 0 Å². The van der Waals surface area contributed by atoms with E-state index in [1.54, 1.807) is 0 Å². The summed E-state index contributed by atoms with van der Waals surface area (Å²) in [6, 6.07) is 0. The van der Waals surface area contributed by atoms with E-state index in [1.165, 1.54) is 244 Å². The Balaban J connectivity index is 3.41. The molecule has 0 saturated heterocycles. The van der Waals surface area contributed by atoms with E-state index in [0.29, 0.717) is 12.8 Å². The SMILES string of the molecule is CCCCCCCCCCCCCCCCCCCCCCCCC(=O)OC[C@H](CO)OC(=O)CCCCCCCCCCCCCCCCCCCCCCC. The van der Waals surface area contributed by atoms with Crippen LogP contribution in [-0.2, 0) is 19.1 Å². The van der Waals surface area contributed by atoms with Gasteiger partial charge >= 0.3 is 11.9 Å². The first kappa shape index (κ1) is 55.9. The summed E-state index contributed by atoms with van der Waals surface area (Å²) in [5.74, 6) is -0.565. The minimum atomic E-state index is -0.763. The van der Waals surface area contributed by atoms with Gasteiger partial charge in [-0.05, 0) is 12.8 Å². The molecule has 0 fully saturated rings. The zero-order valence-electron chi connectivity index (χ0n) is 38.9. The molecule has 1 N–H and O–H groups in total. The molecule has 0 aliphatic heterocycles. The maximum atomic E-state index is 12.3. The molecule has 0 aliphatic carbocycles. The Morgan fingerprint density at radius 3 is 0.772 bits per heavy atom.